The zero-order chi connectivity index (χ0) is 9.07. The van der Waals surface area contributed by atoms with Gasteiger partial charge in [-0.3, -0.25) is 0 Å². The third kappa shape index (κ3) is 2.87. The number of hydrogen-bond donors (Lipinski definition) is 0. The highest BCUT2D eigenvalue weighted by molar-refractivity contribution is 6.20. The SMILES string of the molecule is CCN(C(C)Cl)C(F)(F)CF. The van der Waals surface area contributed by atoms with E-state index in [1.807, 2.05) is 0 Å². The van der Waals surface area contributed by atoms with Crippen molar-refractivity contribution in [3.63, 3.8) is 0 Å². The summed E-state index contributed by atoms with van der Waals surface area (Å²) in [7, 11) is 0. The van der Waals surface area contributed by atoms with Crippen LogP contribution in [0.2, 0.25) is 0 Å². The second-order valence-corrected chi connectivity index (χ2v) is 2.79. The average Bonchev–Trinajstić information content (AvgIpc) is 1.88. The van der Waals surface area contributed by atoms with Crippen molar-refractivity contribution in [2.45, 2.75) is 25.4 Å². The fraction of sp³-hybridized carbons (Fsp3) is 1.00. The lowest BCUT2D eigenvalue weighted by Crippen LogP contribution is -2.46. The van der Waals surface area contributed by atoms with Gasteiger partial charge in [-0.2, -0.15) is 8.78 Å². The fourth-order valence-electron chi connectivity index (χ4n) is 0.820. The minimum Gasteiger partial charge on any atom is -0.243 e. The summed E-state index contributed by atoms with van der Waals surface area (Å²) in [4.78, 5) is 0.592. The molecule has 0 bridgehead atoms. The van der Waals surface area contributed by atoms with E-state index in [1.54, 1.807) is 0 Å². The highest BCUT2D eigenvalue weighted by Crippen LogP contribution is 2.23. The zero-order valence-electron chi connectivity index (χ0n) is 6.45. The maximum absolute atomic E-state index is 12.5. The summed E-state index contributed by atoms with van der Waals surface area (Å²) in [6.07, 6.45) is 0. The molecule has 0 aliphatic heterocycles. The Kier molecular flexibility index (Phi) is 4.18. The van der Waals surface area contributed by atoms with Gasteiger partial charge >= 0.3 is 6.05 Å². The Morgan fingerprint density at radius 3 is 2.09 bits per heavy atom. The van der Waals surface area contributed by atoms with Crippen molar-refractivity contribution in [1.29, 1.82) is 0 Å². The molecule has 0 aromatic heterocycles. The number of halogens is 4. The monoisotopic (exact) mass is 189 g/mol. The zero-order valence-corrected chi connectivity index (χ0v) is 7.21. The molecule has 0 heterocycles. The maximum atomic E-state index is 12.5. The molecule has 0 radical (unpaired) electrons. The van der Waals surface area contributed by atoms with Gasteiger partial charge in [-0.25, -0.2) is 9.29 Å². The Bertz CT molecular complexity index is 118. The molecule has 0 aromatic rings. The van der Waals surface area contributed by atoms with Crippen molar-refractivity contribution in [3.8, 4) is 0 Å². The molecule has 0 aliphatic carbocycles. The molecule has 1 atom stereocenters. The molecule has 0 aliphatic rings. The number of rotatable bonds is 4. The summed E-state index contributed by atoms with van der Waals surface area (Å²) in [6.45, 7) is 1.22. The van der Waals surface area contributed by atoms with Crippen LogP contribution in [-0.2, 0) is 0 Å². The third-order valence-corrected chi connectivity index (χ3v) is 1.59. The van der Waals surface area contributed by atoms with Crippen molar-refractivity contribution >= 4 is 11.6 Å². The Balaban J connectivity index is 4.23. The fourth-order valence-corrected chi connectivity index (χ4v) is 1.10. The first kappa shape index (κ1) is 11.0. The van der Waals surface area contributed by atoms with Crippen LogP contribution in [0.1, 0.15) is 13.8 Å². The lowest BCUT2D eigenvalue weighted by molar-refractivity contribution is -0.160. The molecule has 68 valence electrons. The number of alkyl halides is 4. The van der Waals surface area contributed by atoms with Crippen LogP contribution in [0.15, 0.2) is 0 Å². The normalized spacial score (nSPS) is 15.5. The van der Waals surface area contributed by atoms with Gasteiger partial charge in [0.1, 0.15) is 0 Å². The highest BCUT2D eigenvalue weighted by atomic mass is 35.5. The van der Waals surface area contributed by atoms with Crippen LogP contribution in [0.5, 0.6) is 0 Å². The van der Waals surface area contributed by atoms with Gasteiger partial charge in [0.2, 0.25) is 0 Å². The van der Waals surface area contributed by atoms with E-state index in [1.165, 1.54) is 13.8 Å². The van der Waals surface area contributed by atoms with Gasteiger partial charge in [0.05, 0.1) is 5.50 Å². The van der Waals surface area contributed by atoms with Crippen LogP contribution in [0, 0.1) is 0 Å². The second kappa shape index (κ2) is 4.16. The lowest BCUT2D eigenvalue weighted by atomic mass is 10.4. The van der Waals surface area contributed by atoms with Gasteiger partial charge in [0, 0.05) is 6.54 Å². The predicted octanol–water partition coefficient (Wildman–Crippen LogP) is 2.46. The Labute approximate surface area is 69.1 Å². The molecule has 11 heavy (non-hydrogen) atoms. The summed E-state index contributed by atoms with van der Waals surface area (Å²) in [5, 5.41) is 0. The largest absolute Gasteiger partial charge is 0.334 e. The van der Waals surface area contributed by atoms with Crippen molar-refractivity contribution in [2.75, 3.05) is 13.2 Å². The van der Waals surface area contributed by atoms with E-state index in [9.17, 15) is 13.2 Å². The third-order valence-electron chi connectivity index (χ3n) is 1.35. The van der Waals surface area contributed by atoms with Gasteiger partial charge in [0.15, 0.2) is 6.67 Å². The van der Waals surface area contributed by atoms with Crippen molar-refractivity contribution in [2.24, 2.45) is 0 Å². The number of hydrogen-bond acceptors (Lipinski definition) is 1. The molecular weight excluding hydrogens is 179 g/mol. The first-order valence-electron chi connectivity index (χ1n) is 3.30. The molecule has 5 heteroatoms. The molecule has 1 nitrogen and oxygen atoms in total. The van der Waals surface area contributed by atoms with Crippen molar-refractivity contribution in [1.82, 2.24) is 4.90 Å². The average molecular weight is 190 g/mol. The van der Waals surface area contributed by atoms with Gasteiger partial charge in [-0.15, -0.1) is 11.6 Å². The van der Waals surface area contributed by atoms with Gasteiger partial charge in [-0.1, -0.05) is 6.92 Å². The van der Waals surface area contributed by atoms with E-state index in [0.29, 0.717) is 4.90 Å². The van der Waals surface area contributed by atoms with E-state index < -0.39 is 18.2 Å². The molecule has 1 unspecified atom stereocenters. The first-order valence-corrected chi connectivity index (χ1v) is 3.74. The van der Waals surface area contributed by atoms with Crippen LogP contribution < -0.4 is 0 Å². The van der Waals surface area contributed by atoms with E-state index in [0.717, 1.165) is 0 Å². The molecule has 0 spiro atoms. The second-order valence-electron chi connectivity index (χ2n) is 2.16. The van der Waals surface area contributed by atoms with Crippen LogP contribution in [-0.4, -0.2) is 29.7 Å². The van der Waals surface area contributed by atoms with Crippen LogP contribution in [0.25, 0.3) is 0 Å². The summed E-state index contributed by atoms with van der Waals surface area (Å²) in [5.74, 6) is 0. The van der Waals surface area contributed by atoms with E-state index >= 15 is 0 Å². The minimum absolute atomic E-state index is 0.0294. The number of nitrogens with zero attached hydrogens (tertiary/aromatic N) is 1. The Hall–Kier alpha value is 0.0400. The van der Waals surface area contributed by atoms with Gasteiger partial charge < -0.3 is 0 Å². The quantitative estimate of drug-likeness (QED) is 0.485. The summed E-state index contributed by atoms with van der Waals surface area (Å²) in [6, 6.07) is -3.43. The summed E-state index contributed by atoms with van der Waals surface area (Å²) < 4.78 is 36.8. The molecule has 0 amide bonds. The lowest BCUT2D eigenvalue weighted by Gasteiger charge is -2.29. The Morgan fingerprint density at radius 2 is 2.00 bits per heavy atom. The topological polar surface area (TPSA) is 3.24 Å². The van der Waals surface area contributed by atoms with Crippen molar-refractivity contribution in [3.05, 3.63) is 0 Å². The predicted molar refractivity (Wildman–Crippen MR) is 38.6 cm³/mol. The molecule has 0 N–H and O–H groups in total. The van der Waals surface area contributed by atoms with Crippen LogP contribution >= 0.6 is 11.6 Å². The minimum atomic E-state index is -3.43. The first-order chi connectivity index (χ1) is 4.95. The standard InChI is InChI=1S/C6H11ClF3N/c1-3-11(5(2)7)6(9,10)4-8/h5H,3-4H2,1-2H3. The molecule has 0 fully saturated rings. The summed E-state index contributed by atoms with van der Waals surface area (Å²) >= 11 is 5.39. The molecule has 0 saturated heterocycles. The molecule has 0 saturated carbocycles. The van der Waals surface area contributed by atoms with E-state index in [2.05, 4.69) is 0 Å². The molecule has 0 rings (SSSR count). The maximum Gasteiger partial charge on any atom is 0.334 e. The smallest absolute Gasteiger partial charge is 0.243 e. The summed E-state index contributed by atoms with van der Waals surface area (Å²) in [5.41, 5.74) is -0.856. The van der Waals surface area contributed by atoms with E-state index in [-0.39, 0.29) is 6.54 Å². The van der Waals surface area contributed by atoms with Gasteiger partial charge in [-0.05, 0) is 6.92 Å². The van der Waals surface area contributed by atoms with Crippen LogP contribution in [0.3, 0.4) is 0 Å². The molecule has 0 aromatic carbocycles. The molecular formula is C6H11ClF3N. The van der Waals surface area contributed by atoms with Gasteiger partial charge in [0.25, 0.3) is 0 Å². The van der Waals surface area contributed by atoms with Crippen molar-refractivity contribution < 1.29 is 13.2 Å². The van der Waals surface area contributed by atoms with Crippen LogP contribution in [0.4, 0.5) is 13.2 Å². The Morgan fingerprint density at radius 1 is 1.55 bits per heavy atom. The highest BCUT2D eigenvalue weighted by Gasteiger charge is 2.38. The van der Waals surface area contributed by atoms with E-state index in [4.69, 9.17) is 11.6 Å².